The number of unbranched alkanes of at least 4 members (excludes halogenated alkanes) is 9. The van der Waals surface area contributed by atoms with Crippen LogP contribution < -0.4 is 5.73 Å². The molecule has 4 nitrogen and oxygen atoms in total. The van der Waals surface area contributed by atoms with Crippen molar-refractivity contribution in [3.63, 3.8) is 0 Å². The predicted molar refractivity (Wildman–Crippen MR) is 124 cm³/mol. The van der Waals surface area contributed by atoms with Gasteiger partial charge in [0.15, 0.2) is 0 Å². The minimum absolute atomic E-state index is 0.272. The van der Waals surface area contributed by atoms with E-state index in [1.807, 2.05) is 0 Å². The zero-order valence-electron chi connectivity index (χ0n) is 18.6. The Morgan fingerprint density at radius 1 is 0.900 bits per heavy atom. The summed E-state index contributed by atoms with van der Waals surface area (Å²) in [7, 11) is 0. The molecule has 0 heterocycles. The highest BCUT2D eigenvalue weighted by atomic mass is 16.2. The van der Waals surface area contributed by atoms with Crippen LogP contribution >= 0.6 is 0 Å². The fraction of sp³-hybridized carbons (Fsp3) is 0.538. The summed E-state index contributed by atoms with van der Waals surface area (Å²) in [6.07, 6.45) is 23.0. The third-order valence-electron chi connectivity index (χ3n) is 5.41. The van der Waals surface area contributed by atoms with E-state index in [9.17, 15) is 9.59 Å². The van der Waals surface area contributed by atoms with Crippen LogP contribution in [0.3, 0.4) is 0 Å². The minimum Gasteiger partial charge on any atom is -0.368 e. The van der Waals surface area contributed by atoms with Crippen molar-refractivity contribution in [2.24, 2.45) is 5.73 Å². The second kappa shape index (κ2) is 14.3. The van der Waals surface area contributed by atoms with Crippen molar-refractivity contribution in [3.05, 3.63) is 34.9 Å². The van der Waals surface area contributed by atoms with Crippen LogP contribution in [0.5, 0.6) is 0 Å². The highest BCUT2D eigenvalue weighted by Gasteiger charge is 2.25. The number of hydrogen-bond acceptors (Lipinski definition) is 2. The summed E-state index contributed by atoms with van der Waals surface area (Å²) in [6.45, 7) is 4.36. The van der Waals surface area contributed by atoms with Gasteiger partial charge in [0.2, 0.25) is 5.91 Å². The van der Waals surface area contributed by atoms with Gasteiger partial charge < -0.3 is 10.6 Å². The first-order chi connectivity index (χ1) is 14.4. The number of terminal acetylenes is 2. The molecule has 1 atom stereocenters. The van der Waals surface area contributed by atoms with E-state index in [4.69, 9.17) is 18.6 Å². The van der Waals surface area contributed by atoms with Crippen molar-refractivity contribution in [1.82, 2.24) is 4.90 Å². The summed E-state index contributed by atoms with van der Waals surface area (Å²) in [4.78, 5) is 26.4. The second-order valence-corrected chi connectivity index (χ2v) is 7.85. The fourth-order valence-corrected chi connectivity index (χ4v) is 3.48. The first kappa shape index (κ1) is 25.3. The first-order valence-electron chi connectivity index (χ1n) is 11.1. The maximum atomic E-state index is 13.1. The molecule has 0 fully saturated rings. The molecule has 0 aliphatic carbocycles. The summed E-state index contributed by atoms with van der Waals surface area (Å²) in [5.41, 5.74) is 6.96. The van der Waals surface area contributed by atoms with Crippen molar-refractivity contribution in [2.75, 3.05) is 6.54 Å². The molecule has 2 amide bonds. The number of nitrogens with zero attached hydrogens (tertiary/aromatic N) is 1. The van der Waals surface area contributed by atoms with Crippen molar-refractivity contribution in [3.8, 4) is 24.7 Å². The standard InChI is InChI=1S/C26H36N2O2/c1-5-8-9-10-11-12-13-14-15-16-17-28(21(4)25(27)29)26(30)24-19-22(6-2)18-23(7-3)20-24/h2-3,18-21H,5,8-17H2,1,4H3,(H2,27,29)/t21-/m1/s1. The molecule has 1 aromatic rings. The van der Waals surface area contributed by atoms with E-state index in [1.165, 1.54) is 49.8 Å². The van der Waals surface area contributed by atoms with Gasteiger partial charge in [-0.1, -0.05) is 76.6 Å². The highest BCUT2D eigenvalue weighted by molar-refractivity contribution is 5.97. The number of carbonyl (C=O) groups is 2. The number of carbonyl (C=O) groups excluding carboxylic acids is 2. The maximum Gasteiger partial charge on any atom is 0.254 e. The maximum absolute atomic E-state index is 13.1. The molecule has 0 bridgehead atoms. The average Bonchev–Trinajstić information content (AvgIpc) is 2.76. The van der Waals surface area contributed by atoms with Crippen LogP contribution in [0.15, 0.2) is 18.2 Å². The Hall–Kier alpha value is -2.72. The minimum atomic E-state index is -0.695. The molecule has 162 valence electrons. The number of nitrogens with two attached hydrogens (primary N) is 1. The van der Waals surface area contributed by atoms with E-state index in [-0.39, 0.29) is 5.91 Å². The SMILES string of the molecule is C#Cc1cc(C#C)cc(C(=O)N(CCCCCCCCCCCC)[C@H](C)C(N)=O)c1. The van der Waals surface area contributed by atoms with Crippen LogP contribution in [-0.2, 0) is 4.79 Å². The van der Waals surface area contributed by atoms with Gasteiger partial charge in [0.05, 0.1) is 0 Å². The summed E-state index contributed by atoms with van der Waals surface area (Å²) < 4.78 is 0. The van der Waals surface area contributed by atoms with E-state index in [2.05, 4.69) is 18.8 Å². The number of rotatable bonds is 14. The predicted octanol–water partition coefficient (Wildman–Crippen LogP) is 4.89. The molecule has 0 aliphatic heterocycles. The van der Waals surface area contributed by atoms with Gasteiger partial charge in [-0.3, -0.25) is 9.59 Å². The van der Waals surface area contributed by atoms with E-state index < -0.39 is 11.9 Å². The van der Waals surface area contributed by atoms with Crippen molar-refractivity contribution in [2.45, 2.75) is 84.1 Å². The highest BCUT2D eigenvalue weighted by Crippen LogP contribution is 2.16. The lowest BCUT2D eigenvalue weighted by atomic mass is 10.0. The topological polar surface area (TPSA) is 63.4 Å². The Morgan fingerprint density at radius 2 is 1.37 bits per heavy atom. The zero-order valence-corrected chi connectivity index (χ0v) is 18.6. The van der Waals surface area contributed by atoms with E-state index in [1.54, 1.807) is 25.1 Å². The average molecular weight is 409 g/mol. The number of benzene rings is 1. The molecule has 4 heteroatoms. The van der Waals surface area contributed by atoms with Crippen LogP contribution in [0.1, 0.15) is 99.5 Å². The third-order valence-corrected chi connectivity index (χ3v) is 5.41. The molecular formula is C26H36N2O2. The lowest BCUT2D eigenvalue weighted by molar-refractivity contribution is -0.122. The number of amides is 2. The smallest absolute Gasteiger partial charge is 0.254 e. The Kier molecular flexibility index (Phi) is 12.1. The normalized spacial score (nSPS) is 11.3. The molecule has 1 rings (SSSR count). The Balaban J connectivity index is 2.63. The largest absolute Gasteiger partial charge is 0.368 e. The van der Waals surface area contributed by atoms with Crippen LogP contribution in [-0.4, -0.2) is 29.3 Å². The molecule has 0 radical (unpaired) electrons. The van der Waals surface area contributed by atoms with Gasteiger partial charge in [-0.05, 0) is 31.5 Å². The van der Waals surface area contributed by atoms with Crippen molar-refractivity contribution >= 4 is 11.8 Å². The summed E-state index contributed by atoms with van der Waals surface area (Å²) in [6, 6.07) is 4.24. The quantitative estimate of drug-likeness (QED) is 0.352. The molecule has 0 unspecified atom stereocenters. The summed E-state index contributed by atoms with van der Waals surface area (Å²) >= 11 is 0. The van der Waals surface area contributed by atoms with Gasteiger partial charge in [0.1, 0.15) is 6.04 Å². The van der Waals surface area contributed by atoms with Crippen molar-refractivity contribution < 1.29 is 9.59 Å². The third kappa shape index (κ3) is 8.75. The van der Waals surface area contributed by atoms with Crippen molar-refractivity contribution in [1.29, 1.82) is 0 Å². The van der Waals surface area contributed by atoms with Gasteiger partial charge >= 0.3 is 0 Å². The molecule has 0 spiro atoms. The van der Waals surface area contributed by atoms with Gasteiger partial charge in [-0.25, -0.2) is 0 Å². The van der Waals surface area contributed by atoms with Gasteiger partial charge in [0.25, 0.3) is 5.91 Å². The molecule has 30 heavy (non-hydrogen) atoms. The van der Waals surface area contributed by atoms with Crippen LogP contribution in [0.4, 0.5) is 0 Å². The molecule has 0 aliphatic rings. The van der Waals surface area contributed by atoms with Gasteiger partial charge in [-0.2, -0.15) is 0 Å². The molecule has 0 aromatic heterocycles. The van der Waals surface area contributed by atoms with Crippen LogP contribution in [0.2, 0.25) is 0 Å². The summed E-state index contributed by atoms with van der Waals surface area (Å²) in [5.74, 6) is 4.24. The molecule has 0 saturated carbocycles. The molecule has 1 aromatic carbocycles. The lowest BCUT2D eigenvalue weighted by Gasteiger charge is -2.27. The Labute approximate surface area is 182 Å². The fourth-order valence-electron chi connectivity index (χ4n) is 3.48. The zero-order chi connectivity index (χ0) is 22.4. The van der Waals surface area contributed by atoms with Crippen LogP contribution in [0.25, 0.3) is 0 Å². The molecule has 0 saturated heterocycles. The lowest BCUT2D eigenvalue weighted by Crippen LogP contribution is -2.46. The summed E-state index contributed by atoms with van der Waals surface area (Å²) in [5, 5.41) is 0. The number of primary amides is 1. The van der Waals surface area contributed by atoms with Gasteiger partial charge in [-0.15, -0.1) is 12.8 Å². The van der Waals surface area contributed by atoms with E-state index in [0.717, 1.165) is 19.3 Å². The van der Waals surface area contributed by atoms with E-state index >= 15 is 0 Å². The Morgan fingerprint density at radius 3 is 1.80 bits per heavy atom. The number of hydrogen-bond donors (Lipinski definition) is 1. The molecule has 2 N–H and O–H groups in total. The second-order valence-electron chi connectivity index (χ2n) is 7.85. The molecular weight excluding hydrogens is 372 g/mol. The monoisotopic (exact) mass is 408 g/mol. The van der Waals surface area contributed by atoms with Crippen LogP contribution in [0, 0.1) is 24.7 Å². The van der Waals surface area contributed by atoms with Gasteiger partial charge in [0, 0.05) is 23.2 Å². The Bertz CT molecular complexity index is 738. The first-order valence-corrected chi connectivity index (χ1v) is 11.1. The van der Waals surface area contributed by atoms with E-state index in [0.29, 0.717) is 23.2 Å².